The minimum Gasteiger partial charge on any atom is -0.466 e. The minimum atomic E-state index is -0.941. The molecule has 0 saturated heterocycles. The first kappa shape index (κ1) is 31.9. The fourth-order valence-corrected chi connectivity index (χ4v) is 3.78. The number of hydrogen-bond acceptors (Lipinski definition) is 6. The smallest absolute Gasteiger partial charge is 0.408 e. The lowest BCUT2D eigenvalue weighted by molar-refractivity contribution is -0.144. The largest absolute Gasteiger partial charge is 0.466 e. The van der Waals surface area contributed by atoms with Crippen LogP contribution in [0.4, 0.5) is 4.79 Å². The zero-order valence-corrected chi connectivity index (χ0v) is 23.7. The van der Waals surface area contributed by atoms with Gasteiger partial charge in [0, 0.05) is 13.1 Å². The molecule has 0 aliphatic heterocycles. The summed E-state index contributed by atoms with van der Waals surface area (Å²) in [5.41, 5.74) is 0.808. The van der Waals surface area contributed by atoms with Crippen LogP contribution in [0.25, 0.3) is 0 Å². The number of carbonyl (C=O) groups excluding carboxylic acids is 4. The molecule has 3 amide bonds. The van der Waals surface area contributed by atoms with Crippen molar-refractivity contribution in [1.29, 1.82) is 0 Å². The topological polar surface area (TPSA) is 114 Å². The maximum atomic E-state index is 14.0. The van der Waals surface area contributed by atoms with Crippen LogP contribution in [-0.2, 0) is 23.9 Å². The molecular weight excluding hydrogens is 474 g/mol. The second-order valence-electron chi connectivity index (χ2n) is 10.4. The Bertz CT molecular complexity index is 909. The van der Waals surface area contributed by atoms with Gasteiger partial charge in [-0.15, -0.1) is 0 Å². The van der Waals surface area contributed by atoms with E-state index < -0.39 is 35.7 Å². The average Bonchev–Trinajstić information content (AvgIpc) is 2.79. The highest BCUT2D eigenvalue weighted by molar-refractivity contribution is 5.92. The molecule has 0 radical (unpaired) electrons. The molecule has 0 spiro atoms. The molecule has 0 aromatic heterocycles. The third kappa shape index (κ3) is 10.8. The second kappa shape index (κ2) is 15.2. The molecule has 1 rings (SSSR count). The summed E-state index contributed by atoms with van der Waals surface area (Å²) in [6, 6.07) is 5.56. The lowest BCUT2D eigenvalue weighted by atomic mass is 9.96. The third-order valence-electron chi connectivity index (χ3n) is 5.62. The van der Waals surface area contributed by atoms with Crippen molar-refractivity contribution in [2.45, 2.75) is 92.3 Å². The number of amides is 3. The first-order chi connectivity index (χ1) is 17.3. The van der Waals surface area contributed by atoms with E-state index in [1.165, 1.54) is 4.90 Å². The van der Waals surface area contributed by atoms with Crippen LogP contribution in [0, 0.1) is 12.8 Å². The standard InChI is InChI=1S/C28H45N3O6/c1-9-11-18-31(26(34)23(19(3)4)30-27(35)37-28(6,7)8)24(21-15-13-12-14-20(21)5)25(33)29-17-16-22(32)36-10-2/h12-15,19,23-24H,9-11,16-18H2,1-8H3,(H,29,33)(H,30,35). The Kier molecular flexibility index (Phi) is 13.1. The Balaban J connectivity index is 3.37. The van der Waals surface area contributed by atoms with Crippen LogP contribution in [0.5, 0.6) is 0 Å². The third-order valence-corrected chi connectivity index (χ3v) is 5.62. The van der Waals surface area contributed by atoms with Crippen molar-refractivity contribution in [2.75, 3.05) is 19.7 Å². The summed E-state index contributed by atoms with van der Waals surface area (Å²) in [5, 5.41) is 5.52. The summed E-state index contributed by atoms with van der Waals surface area (Å²) in [6.45, 7) is 15.2. The minimum absolute atomic E-state index is 0.0256. The number of benzene rings is 1. The van der Waals surface area contributed by atoms with Gasteiger partial charge >= 0.3 is 12.1 Å². The van der Waals surface area contributed by atoms with E-state index in [2.05, 4.69) is 10.6 Å². The normalized spacial score (nSPS) is 12.9. The number of esters is 1. The van der Waals surface area contributed by atoms with Gasteiger partial charge in [0.2, 0.25) is 11.8 Å². The van der Waals surface area contributed by atoms with Crippen molar-refractivity contribution in [3.63, 3.8) is 0 Å². The lowest BCUT2D eigenvalue weighted by Gasteiger charge is -2.36. The van der Waals surface area contributed by atoms with E-state index in [9.17, 15) is 19.2 Å². The van der Waals surface area contributed by atoms with Gasteiger partial charge < -0.3 is 25.0 Å². The summed E-state index contributed by atoms with van der Waals surface area (Å²) < 4.78 is 10.3. The number of ether oxygens (including phenoxy) is 2. The number of alkyl carbamates (subject to hydrolysis) is 1. The van der Waals surface area contributed by atoms with Crippen LogP contribution >= 0.6 is 0 Å². The molecule has 1 aromatic rings. The number of hydrogen-bond donors (Lipinski definition) is 2. The first-order valence-electron chi connectivity index (χ1n) is 13.1. The Morgan fingerprint density at radius 1 is 1.05 bits per heavy atom. The van der Waals surface area contributed by atoms with Crippen LogP contribution in [0.15, 0.2) is 24.3 Å². The fourth-order valence-electron chi connectivity index (χ4n) is 3.78. The summed E-state index contributed by atoms with van der Waals surface area (Å²) in [7, 11) is 0. The number of carbonyl (C=O) groups is 4. The SMILES string of the molecule is CCCCN(C(=O)C(NC(=O)OC(C)(C)C)C(C)C)C(C(=O)NCCC(=O)OCC)c1ccccc1C. The van der Waals surface area contributed by atoms with Crippen LogP contribution in [0.2, 0.25) is 0 Å². The van der Waals surface area contributed by atoms with E-state index in [-0.39, 0.29) is 31.4 Å². The highest BCUT2D eigenvalue weighted by Crippen LogP contribution is 2.27. The summed E-state index contributed by atoms with van der Waals surface area (Å²) in [4.78, 5) is 53.5. The molecule has 2 N–H and O–H groups in total. The number of unbranched alkanes of at least 4 members (excludes halogenated alkanes) is 1. The van der Waals surface area contributed by atoms with Gasteiger partial charge in [0.05, 0.1) is 13.0 Å². The molecule has 0 saturated carbocycles. The number of nitrogens with one attached hydrogen (secondary N) is 2. The molecular formula is C28H45N3O6. The van der Waals surface area contributed by atoms with Gasteiger partial charge in [-0.25, -0.2) is 4.79 Å². The average molecular weight is 520 g/mol. The van der Waals surface area contributed by atoms with Gasteiger partial charge in [0.1, 0.15) is 17.7 Å². The van der Waals surface area contributed by atoms with Crippen LogP contribution in [0.1, 0.15) is 84.9 Å². The molecule has 9 nitrogen and oxygen atoms in total. The quantitative estimate of drug-likeness (QED) is 0.376. The predicted octanol–water partition coefficient (Wildman–Crippen LogP) is 4.28. The van der Waals surface area contributed by atoms with E-state index >= 15 is 0 Å². The first-order valence-corrected chi connectivity index (χ1v) is 13.1. The molecule has 0 fully saturated rings. The van der Waals surface area contributed by atoms with Crippen LogP contribution in [-0.4, -0.2) is 60.1 Å². The summed E-state index contributed by atoms with van der Waals surface area (Å²) >= 11 is 0. The summed E-state index contributed by atoms with van der Waals surface area (Å²) in [5.74, 6) is -1.44. The zero-order valence-electron chi connectivity index (χ0n) is 23.7. The van der Waals surface area contributed by atoms with E-state index in [1.807, 2.05) is 52.0 Å². The monoisotopic (exact) mass is 519 g/mol. The fraction of sp³-hybridized carbons (Fsp3) is 0.643. The molecule has 2 atom stereocenters. The van der Waals surface area contributed by atoms with Gasteiger partial charge in [-0.2, -0.15) is 0 Å². The van der Waals surface area contributed by atoms with Crippen LogP contribution < -0.4 is 10.6 Å². The van der Waals surface area contributed by atoms with Crippen molar-refractivity contribution in [3.8, 4) is 0 Å². The molecule has 208 valence electrons. The van der Waals surface area contributed by atoms with Gasteiger partial charge in [-0.1, -0.05) is 51.5 Å². The molecule has 9 heteroatoms. The maximum absolute atomic E-state index is 14.0. The van der Waals surface area contributed by atoms with Crippen molar-refractivity contribution in [1.82, 2.24) is 15.5 Å². The highest BCUT2D eigenvalue weighted by Gasteiger charge is 2.37. The van der Waals surface area contributed by atoms with Crippen molar-refractivity contribution >= 4 is 23.9 Å². The lowest BCUT2D eigenvalue weighted by Crippen LogP contribution is -2.55. The van der Waals surface area contributed by atoms with E-state index in [4.69, 9.17) is 9.47 Å². The molecule has 37 heavy (non-hydrogen) atoms. The predicted molar refractivity (Wildman–Crippen MR) is 143 cm³/mol. The van der Waals surface area contributed by atoms with Crippen molar-refractivity contribution in [3.05, 3.63) is 35.4 Å². The Morgan fingerprint density at radius 2 is 1.70 bits per heavy atom. The van der Waals surface area contributed by atoms with Gasteiger partial charge in [-0.05, 0) is 58.1 Å². The molecule has 0 heterocycles. The molecule has 0 aliphatic rings. The molecule has 0 bridgehead atoms. The Hall–Kier alpha value is -3.10. The van der Waals surface area contributed by atoms with Crippen molar-refractivity contribution in [2.24, 2.45) is 5.92 Å². The second-order valence-corrected chi connectivity index (χ2v) is 10.4. The van der Waals surface area contributed by atoms with E-state index in [0.717, 1.165) is 12.0 Å². The number of aryl methyl sites for hydroxylation is 1. The van der Waals surface area contributed by atoms with Gasteiger partial charge in [0.25, 0.3) is 0 Å². The van der Waals surface area contributed by atoms with Gasteiger partial charge in [-0.3, -0.25) is 14.4 Å². The van der Waals surface area contributed by atoms with E-state index in [0.29, 0.717) is 18.5 Å². The van der Waals surface area contributed by atoms with Crippen molar-refractivity contribution < 1.29 is 28.7 Å². The molecule has 0 aliphatic carbocycles. The summed E-state index contributed by atoms with van der Waals surface area (Å²) in [6.07, 6.45) is 0.807. The Labute approximate surface area is 221 Å². The molecule has 2 unspecified atom stereocenters. The maximum Gasteiger partial charge on any atom is 0.408 e. The number of nitrogens with zero attached hydrogens (tertiary/aromatic N) is 1. The van der Waals surface area contributed by atoms with Gasteiger partial charge in [0.15, 0.2) is 0 Å². The Morgan fingerprint density at radius 3 is 2.24 bits per heavy atom. The number of rotatable bonds is 13. The van der Waals surface area contributed by atoms with Crippen LogP contribution in [0.3, 0.4) is 0 Å². The van der Waals surface area contributed by atoms with E-state index in [1.54, 1.807) is 27.7 Å². The highest BCUT2D eigenvalue weighted by atomic mass is 16.6. The zero-order chi connectivity index (χ0) is 28.2. The molecule has 1 aromatic carbocycles.